The van der Waals surface area contributed by atoms with E-state index in [-0.39, 0.29) is 29.1 Å². The Morgan fingerprint density at radius 3 is 1.73 bits per heavy atom. The number of nitro groups is 1. The predicted octanol–water partition coefficient (Wildman–Crippen LogP) is 3.85. The van der Waals surface area contributed by atoms with Crippen LogP contribution in [-0.4, -0.2) is 76.6 Å². The smallest absolute Gasteiger partial charge is 0.270 e. The molecule has 4 aromatic rings. The van der Waals surface area contributed by atoms with Crippen molar-refractivity contribution >= 4 is 50.9 Å². The van der Waals surface area contributed by atoms with Gasteiger partial charge in [-0.3, -0.25) is 39.1 Å². The number of rotatable bonds is 10. The van der Waals surface area contributed by atoms with Crippen molar-refractivity contribution in [2.45, 2.75) is 38.8 Å². The minimum atomic E-state index is -0.559. The molecule has 0 aromatic heterocycles. The lowest BCUT2D eigenvalue weighted by molar-refractivity contribution is -0.384. The molecule has 4 aromatic carbocycles. The maximum Gasteiger partial charge on any atom is 0.270 e. The number of amides is 4. The Morgan fingerprint density at radius 1 is 0.689 bits per heavy atom. The van der Waals surface area contributed by atoms with E-state index in [4.69, 9.17) is 0 Å². The standard InChI is InChI=1S/C34H31N5O6/c1-18(37-32(41)25-10-8-20-6-7-21-9-11-26(33(37)42)30(25)28(20)21)16-35-12-13-36-17-19(2)38-31(40)24-5-3-4-22-14-23(39(44)45)15-27(29(22)24)34(38)43/h3-5,8-11,14-15,18-19,35-36H,6-7,12-13,16-17H2,1-2H3/t18-,19+/m1/s1. The first-order valence-electron chi connectivity index (χ1n) is 15.1. The number of hydrogen-bond donors (Lipinski definition) is 2. The Kier molecular flexibility index (Phi) is 6.94. The average molecular weight is 606 g/mol. The maximum absolute atomic E-state index is 13.5. The van der Waals surface area contributed by atoms with E-state index in [9.17, 15) is 29.3 Å². The van der Waals surface area contributed by atoms with Crippen LogP contribution in [-0.2, 0) is 12.8 Å². The molecule has 0 radical (unpaired) electrons. The fourth-order valence-electron chi connectivity index (χ4n) is 7.04. The number of aryl methyl sites for hydroxylation is 2. The van der Waals surface area contributed by atoms with Gasteiger partial charge < -0.3 is 10.6 Å². The average Bonchev–Trinajstić information content (AvgIpc) is 3.45. The molecule has 2 aliphatic heterocycles. The first-order chi connectivity index (χ1) is 21.7. The molecule has 7 rings (SSSR count). The van der Waals surface area contributed by atoms with Crippen LogP contribution in [0.2, 0.25) is 0 Å². The Labute approximate surface area is 258 Å². The first kappa shape index (κ1) is 28.8. The van der Waals surface area contributed by atoms with E-state index < -0.39 is 22.8 Å². The second-order valence-corrected chi connectivity index (χ2v) is 12.0. The highest BCUT2D eigenvalue weighted by Gasteiger charge is 2.38. The maximum atomic E-state index is 13.5. The molecular weight excluding hydrogens is 574 g/mol. The molecule has 0 bridgehead atoms. The van der Waals surface area contributed by atoms with Gasteiger partial charge in [0.25, 0.3) is 29.3 Å². The number of carbonyl (C=O) groups is 4. The normalized spacial score (nSPS) is 16.7. The fourth-order valence-corrected chi connectivity index (χ4v) is 7.04. The number of carbonyl (C=O) groups excluding carboxylic acids is 4. The first-order valence-corrected chi connectivity index (χ1v) is 15.1. The summed E-state index contributed by atoms with van der Waals surface area (Å²) in [5, 5.41) is 20.8. The Balaban J connectivity index is 0.952. The van der Waals surface area contributed by atoms with Gasteiger partial charge in [-0.05, 0) is 66.8 Å². The van der Waals surface area contributed by atoms with Crippen molar-refractivity contribution in [3.8, 4) is 0 Å². The number of non-ortho nitro benzene ring substituents is 1. The van der Waals surface area contributed by atoms with Crippen molar-refractivity contribution in [1.29, 1.82) is 0 Å². The largest absolute Gasteiger partial charge is 0.313 e. The van der Waals surface area contributed by atoms with Crippen LogP contribution in [0.25, 0.3) is 21.5 Å². The summed E-state index contributed by atoms with van der Waals surface area (Å²) in [6.07, 6.45) is 1.85. The Bertz CT molecular complexity index is 1930. The highest BCUT2D eigenvalue weighted by Crippen LogP contribution is 2.39. The minimum absolute atomic E-state index is 0.145. The van der Waals surface area contributed by atoms with E-state index in [0.717, 1.165) is 28.5 Å². The molecule has 228 valence electrons. The Hall–Kier alpha value is -5.00. The summed E-state index contributed by atoms with van der Waals surface area (Å²) in [6, 6.07) is 14.4. The molecule has 2 N–H and O–H groups in total. The lowest BCUT2D eigenvalue weighted by atomic mass is 9.90. The summed E-state index contributed by atoms with van der Waals surface area (Å²) in [5.41, 5.74) is 3.81. The third kappa shape index (κ3) is 4.49. The summed E-state index contributed by atoms with van der Waals surface area (Å²) in [7, 11) is 0. The van der Waals surface area contributed by atoms with E-state index in [1.54, 1.807) is 25.1 Å². The molecule has 4 amide bonds. The summed E-state index contributed by atoms with van der Waals surface area (Å²) < 4.78 is 0. The molecule has 2 atom stereocenters. The molecule has 1 aliphatic carbocycles. The van der Waals surface area contributed by atoms with Gasteiger partial charge >= 0.3 is 0 Å². The van der Waals surface area contributed by atoms with Gasteiger partial charge in [0.1, 0.15) is 0 Å². The topological polar surface area (TPSA) is 142 Å². The van der Waals surface area contributed by atoms with Gasteiger partial charge in [-0.2, -0.15) is 0 Å². The van der Waals surface area contributed by atoms with Gasteiger partial charge in [-0.15, -0.1) is 0 Å². The van der Waals surface area contributed by atoms with Gasteiger partial charge in [-0.1, -0.05) is 24.3 Å². The quantitative estimate of drug-likeness (QED) is 0.120. The highest BCUT2D eigenvalue weighted by molar-refractivity contribution is 6.27. The number of nitrogens with one attached hydrogen (secondary N) is 2. The zero-order valence-corrected chi connectivity index (χ0v) is 24.9. The van der Waals surface area contributed by atoms with E-state index in [1.807, 2.05) is 31.2 Å². The molecule has 3 aliphatic rings. The van der Waals surface area contributed by atoms with Crippen molar-refractivity contribution in [3.05, 3.63) is 98.1 Å². The summed E-state index contributed by atoms with van der Waals surface area (Å²) in [5.74, 6) is -1.54. The van der Waals surface area contributed by atoms with Crippen molar-refractivity contribution in [1.82, 2.24) is 20.4 Å². The molecule has 45 heavy (non-hydrogen) atoms. The van der Waals surface area contributed by atoms with E-state index >= 15 is 0 Å². The monoisotopic (exact) mass is 605 g/mol. The van der Waals surface area contributed by atoms with Crippen LogP contribution in [0.5, 0.6) is 0 Å². The SMILES string of the molecule is C[C@H](CNCCNC[C@H](C)N1C(=O)c2cccc3cc([N+](=O)[O-])cc(c23)C1=O)N1C(=O)c2ccc3c4c(ccc(c24)C1=O)CC3. The molecule has 0 saturated heterocycles. The van der Waals surface area contributed by atoms with E-state index in [2.05, 4.69) is 10.6 Å². The number of nitrogens with zero attached hydrogens (tertiary/aromatic N) is 3. The van der Waals surface area contributed by atoms with E-state index in [0.29, 0.717) is 53.6 Å². The number of nitro benzene ring substituents is 1. The predicted molar refractivity (Wildman–Crippen MR) is 168 cm³/mol. The molecule has 11 nitrogen and oxygen atoms in total. The van der Waals surface area contributed by atoms with Gasteiger partial charge in [0, 0.05) is 77.9 Å². The van der Waals surface area contributed by atoms with Crippen LogP contribution < -0.4 is 10.6 Å². The summed E-state index contributed by atoms with van der Waals surface area (Å²) in [4.78, 5) is 67.1. The zero-order chi connectivity index (χ0) is 31.6. The second kappa shape index (κ2) is 10.9. The molecule has 11 heteroatoms. The van der Waals surface area contributed by atoms with Crippen LogP contribution in [0.15, 0.2) is 54.6 Å². The third-order valence-electron chi connectivity index (χ3n) is 9.21. The van der Waals surface area contributed by atoms with Crippen LogP contribution in [0.1, 0.15) is 66.4 Å². The molecular formula is C34H31N5O6. The van der Waals surface area contributed by atoms with Crippen molar-refractivity contribution < 1.29 is 24.1 Å². The summed E-state index contributed by atoms with van der Waals surface area (Å²) >= 11 is 0. The van der Waals surface area contributed by atoms with Gasteiger partial charge in [0.15, 0.2) is 0 Å². The molecule has 0 fully saturated rings. The number of hydrogen-bond acceptors (Lipinski definition) is 8. The second-order valence-electron chi connectivity index (χ2n) is 12.0. The van der Waals surface area contributed by atoms with Crippen LogP contribution >= 0.6 is 0 Å². The number of imide groups is 2. The zero-order valence-electron chi connectivity index (χ0n) is 24.9. The lowest BCUT2D eigenvalue weighted by Crippen LogP contribution is -2.51. The molecule has 0 unspecified atom stereocenters. The molecule has 0 spiro atoms. The third-order valence-corrected chi connectivity index (χ3v) is 9.21. The van der Waals surface area contributed by atoms with E-state index in [1.165, 1.54) is 28.2 Å². The fraction of sp³-hybridized carbons (Fsp3) is 0.294. The summed E-state index contributed by atoms with van der Waals surface area (Å²) in [6.45, 7) is 5.31. The Morgan fingerprint density at radius 2 is 1.20 bits per heavy atom. The van der Waals surface area contributed by atoms with Crippen LogP contribution in [0.4, 0.5) is 5.69 Å². The van der Waals surface area contributed by atoms with Gasteiger partial charge in [0.05, 0.1) is 10.5 Å². The van der Waals surface area contributed by atoms with Crippen LogP contribution in [0.3, 0.4) is 0 Å². The minimum Gasteiger partial charge on any atom is -0.313 e. The van der Waals surface area contributed by atoms with Crippen molar-refractivity contribution in [2.75, 3.05) is 26.2 Å². The van der Waals surface area contributed by atoms with Gasteiger partial charge in [-0.25, -0.2) is 0 Å². The number of benzene rings is 4. The van der Waals surface area contributed by atoms with Gasteiger partial charge in [0.2, 0.25) is 0 Å². The molecule has 0 saturated carbocycles. The lowest BCUT2D eigenvalue weighted by Gasteiger charge is -2.32. The van der Waals surface area contributed by atoms with Crippen molar-refractivity contribution in [3.63, 3.8) is 0 Å². The van der Waals surface area contributed by atoms with Crippen molar-refractivity contribution in [2.24, 2.45) is 0 Å². The molecule has 2 heterocycles. The van der Waals surface area contributed by atoms with Crippen LogP contribution in [0, 0.1) is 10.1 Å². The highest BCUT2D eigenvalue weighted by atomic mass is 16.6.